The SMILES string of the molecule is Cn1cnc(N2CCN(c3ccc4ncnc(OCC(F)F)c4c3)CC2)cc1=O. The van der Waals surface area contributed by atoms with Gasteiger partial charge in [0.1, 0.15) is 12.1 Å². The lowest BCUT2D eigenvalue weighted by atomic mass is 10.2. The first-order valence-electron chi connectivity index (χ1n) is 9.19. The van der Waals surface area contributed by atoms with E-state index in [-0.39, 0.29) is 11.4 Å². The quantitative estimate of drug-likeness (QED) is 0.643. The molecule has 0 bridgehead atoms. The number of fused-ring (bicyclic) bond motifs is 1. The molecule has 0 aliphatic carbocycles. The van der Waals surface area contributed by atoms with Crippen LogP contribution in [0.3, 0.4) is 0 Å². The fourth-order valence-electron chi connectivity index (χ4n) is 3.29. The topological polar surface area (TPSA) is 76.4 Å². The molecule has 3 heterocycles. The second kappa shape index (κ2) is 7.98. The summed E-state index contributed by atoms with van der Waals surface area (Å²) in [4.78, 5) is 28.6. The van der Waals surface area contributed by atoms with Crippen LogP contribution in [0.5, 0.6) is 5.88 Å². The van der Waals surface area contributed by atoms with Crippen molar-refractivity contribution in [3.8, 4) is 5.88 Å². The molecule has 1 aliphatic rings. The molecule has 0 radical (unpaired) electrons. The van der Waals surface area contributed by atoms with Gasteiger partial charge in [-0.15, -0.1) is 0 Å². The van der Waals surface area contributed by atoms with E-state index in [4.69, 9.17) is 4.74 Å². The number of hydrogen-bond donors (Lipinski definition) is 0. The van der Waals surface area contributed by atoms with E-state index >= 15 is 0 Å². The van der Waals surface area contributed by atoms with Gasteiger partial charge in [-0.2, -0.15) is 0 Å². The number of nitrogens with zero attached hydrogens (tertiary/aromatic N) is 6. The molecule has 0 amide bonds. The minimum Gasteiger partial charge on any atom is -0.471 e. The molecule has 0 spiro atoms. The molecule has 1 fully saturated rings. The lowest BCUT2D eigenvalue weighted by Gasteiger charge is -2.36. The summed E-state index contributed by atoms with van der Waals surface area (Å²) in [5, 5.41) is 0.598. The van der Waals surface area contributed by atoms with Crippen LogP contribution in [0.25, 0.3) is 10.9 Å². The Kier molecular flexibility index (Phi) is 5.24. The standard InChI is InChI=1S/C19H20F2N6O2/c1-25-12-24-17(9-18(25)28)27-6-4-26(5-7-27)13-2-3-15-14(8-13)19(23-11-22-15)29-10-16(20)21/h2-3,8-9,11-12,16H,4-7,10H2,1H3. The van der Waals surface area contributed by atoms with Crippen molar-refractivity contribution in [2.75, 3.05) is 42.6 Å². The predicted octanol–water partition coefficient (Wildman–Crippen LogP) is 1.69. The molecule has 2 aromatic heterocycles. The number of alkyl halides is 2. The highest BCUT2D eigenvalue weighted by atomic mass is 19.3. The van der Waals surface area contributed by atoms with Crippen molar-refractivity contribution in [1.29, 1.82) is 0 Å². The highest BCUT2D eigenvalue weighted by Gasteiger charge is 2.20. The molecule has 0 saturated carbocycles. The van der Waals surface area contributed by atoms with E-state index in [1.54, 1.807) is 7.05 Å². The van der Waals surface area contributed by atoms with Crippen LogP contribution in [0.4, 0.5) is 20.3 Å². The Bertz CT molecular complexity index is 1070. The van der Waals surface area contributed by atoms with Crippen molar-refractivity contribution < 1.29 is 13.5 Å². The second-order valence-corrected chi connectivity index (χ2v) is 6.75. The summed E-state index contributed by atoms with van der Waals surface area (Å²) >= 11 is 0. The Morgan fingerprint density at radius 1 is 1.07 bits per heavy atom. The van der Waals surface area contributed by atoms with Crippen LogP contribution in [0.15, 0.2) is 41.7 Å². The van der Waals surface area contributed by atoms with Gasteiger partial charge in [0.15, 0.2) is 6.61 Å². The number of ether oxygens (including phenoxy) is 1. The van der Waals surface area contributed by atoms with Gasteiger partial charge in [-0.05, 0) is 18.2 Å². The Balaban J connectivity index is 1.51. The zero-order chi connectivity index (χ0) is 20.4. The van der Waals surface area contributed by atoms with Crippen LogP contribution in [0.2, 0.25) is 0 Å². The van der Waals surface area contributed by atoms with E-state index in [2.05, 4.69) is 24.8 Å². The third-order valence-electron chi connectivity index (χ3n) is 4.86. The monoisotopic (exact) mass is 402 g/mol. The lowest BCUT2D eigenvalue weighted by molar-refractivity contribution is 0.0804. The summed E-state index contributed by atoms with van der Waals surface area (Å²) < 4.78 is 31.6. The molecular formula is C19H20F2N6O2. The zero-order valence-electron chi connectivity index (χ0n) is 15.8. The summed E-state index contributed by atoms with van der Waals surface area (Å²) in [6.07, 6.45) is 0.257. The van der Waals surface area contributed by atoms with Gasteiger partial charge in [0.25, 0.3) is 12.0 Å². The summed E-state index contributed by atoms with van der Waals surface area (Å²) in [6.45, 7) is 2.15. The third kappa shape index (κ3) is 4.10. The molecule has 1 aliphatic heterocycles. The first kappa shape index (κ1) is 19.0. The Morgan fingerprint density at radius 2 is 1.83 bits per heavy atom. The molecule has 29 heavy (non-hydrogen) atoms. The molecule has 0 unspecified atom stereocenters. The first-order valence-corrected chi connectivity index (χ1v) is 9.19. The number of aryl methyl sites for hydroxylation is 1. The number of piperazine rings is 1. The van der Waals surface area contributed by atoms with E-state index in [0.29, 0.717) is 29.8 Å². The van der Waals surface area contributed by atoms with Crippen LogP contribution in [0.1, 0.15) is 0 Å². The average Bonchev–Trinajstić information content (AvgIpc) is 2.74. The van der Waals surface area contributed by atoms with Crippen LogP contribution in [-0.2, 0) is 7.05 Å². The van der Waals surface area contributed by atoms with E-state index in [0.717, 1.165) is 18.8 Å². The molecule has 0 atom stereocenters. The zero-order valence-corrected chi connectivity index (χ0v) is 15.8. The van der Waals surface area contributed by atoms with Crippen LogP contribution in [-0.4, -0.2) is 58.7 Å². The highest BCUT2D eigenvalue weighted by Crippen LogP contribution is 2.28. The van der Waals surface area contributed by atoms with Crippen LogP contribution >= 0.6 is 0 Å². The molecule has 1 aromatic carbocycles. The smallest absolute Gasteiger partial charge is 0.272 e. The van der Waals surface area contributed by atoms with Crippen LogP contribution in [0, 0.1) is 0 Å². The van der Waals surface area contributed by atoms with E-state index in [9.17, 15) is 13.6 Å². The first-order chi connectivity index (χ1) is 14.0. The van der Waals surface area contributed by atoms with Crippen molar-refractivity contribution in [2.24, 2.45) is 7.05 Å². The van der Waals surface area contributed by atoms with Gasteiger partial charge in [0.2, 0.25) is 5.88 Å². The van der Waals surface area contributed by atoms with Crippen molar-refractivity contribution in [1.82, 2.24) is 19.5 Å². The summed E-state index contributed by atoms with van der Waals surface area (Å²) in [7, 11) is 1.67. The number of halogens is 2. The molecule has 4 rings (SSSR count). The summed E-state index contributed by atoms with van der Waals surface area (Å²) in [5.74, 6) is 0.822. The maximum atomic E-state index is 12.5. The average molecular weight is 402 g/mol. The highest BCUT2D eigenvalue weighted by molar-refractivity contribution is 5.86. The maximum Gasteiger partial charge on any atom is 0.272 e. The van der Waals surface area contributed by atoms with Gasteiger partial charge in [0, 0.05) is 45.0 Å². The lowest BCUT2D eigenvalue weighted by Crippen LogP contribution is -2.47. The van der Waals surface area contributed by atoms with Crippen molar-refractivity contribution in [2.45, 2.75) is 6.43 Å². The van der Waals surface area contributed by atoms with Crippen LogP contribution < -0.4 is 20.1 Å². The summed E-state index contributed by atoms with van der Waals surface area (Å²) in [5.41, 5.74) is 1.48. The van der Waals surface area contributed by atoms with Gasteiger partial charge in [-0.1, -0.05) is 0 Å². The normalized spacial score (nSPS) is 14.6. The number of rotatable bonds is 5. The Morgan fingerprint density at radius 3 is 2.55 bits per heavy atom. The van der Waals surface area contributed by atoms with Crippen molar-refractivity contribution >= 4 is 22.4 Å². The largest absolute Gasteiger partial charge is 0.471 e. The van der Waals surface area contributed by atoms with E-state index in [1.807, 2.05) is 18.2 Å². The summed E-state index contributed by atoms with van der Waals surface area (Å²) in [6, 6.07) is 7.17. The fourth-order valence-corrected chi connectivity index (χ4v) is 3.29. The number of benzene rings is 1. The Hall–Kier alpha value is -3.30. The molecule has 10 heteroatoms. The van der Waals surface area contributed by atoms with Gasteiger partial charge >= 0.3 is 0 Å². The third-order valence-corrected chi connectivity index (χ3v) is 4.86. The van der Waals surface area contributed by atoms with E-state index in [1.165, 1.54) is 23.3 Å². The fraction of sp³-hybridized carbons (Fsp3) is 0.368. The van der Waals surface area contributed by atoms with Crippen molar-refractivity contribution in [3.05, 3.63) is 47.3 Å². The van der Waals surface area contributed by atoms with Gasteiger partial charge in [0.05, 0.1) is 17.2 Å². The molecule has 3 aromatic rings. The molecule has 8 nitrogen and oxygen atoms in total. The number of hydrogen-bond acceptors (Lipinski definition) is 7. The van der Waals surface area contributed by atoms with Gasteiger partial charge < -0.3 is 19.1 Å². The molecule has 1 saturated heterocycles. The number of anilines is 2. The van der Waals surface area contributed by atoms with Gasteiger partial charge in [-0.25, -0.2) is 23.7 Å². The Labute approximate surface area is 165 Å². The van der Waals surface area contributed by atoms with E-state index < -0.39 is 13.0 Å². The maximum absolute atomic E-state index is 12.5. The predicted molar refractivity (Wildman–Crippen MR) is 105 cm³/mol. The van der Waals surface area contributed by atoms with Gasteiger partial charge in [-0.3, -0.25) is 4.79 Å². The van der Waals surface area contributed by atoms with Crippen molar-refractivity contribution in [3.63, 3.8) is 0 Å². The molecular weight excluding hydrogens is 382 g/mol. The number of aromatic nitrogens is 4. The molecule has 0 N–H and O–H groups in total. The molecule has 152 valence electrons. The minimum absolute atomic E-state index is 0.0942. The minimum atomic E-state index is -2.57. The second-order valence-electron chi connectivity index (χ2n) is 6.75.